The van der Waals surface area contributed by atoms with Crippen LogP contribution in [0.2, 0.25) is 0 Å². The third kappa shape index (κ3) is 3.14. The van der Waals surface area contributed by atoms with Crippen LogP contribution in [0.5, 0.6) is 0 Å². The molecule has 0 N–H and O–H groups in total. The number of hydrogen-bond donors (Lipinski definition) is 0. The second-order valence-corrected chi connectivity index (χ2v) is 3.45. The fraction of sp³-hybridized carbons (Fsp3) is 0.778. The van der Waals surface area contributed by atoms with Gasteiger partial charge >= 0.3 is 5.92 Å². The van der Waals surface area contributed by atoms with Crippen molar-refractivity contribution < 1.29 is 26.3 Å². The quantitative estimate of drug-likeness (QED) is 0.629. The summed E-state index contributed by atoms with van der Waals surface area (Å²) in [5, 5.41) is 0. The molecular weight excluding hydrogens is 222 g/mol. The zero-order valence-corrected chi connectivity index (χ0v) is 8.55. The van der Waals surface area contributed by atoms with Crippen LogP contribution in [-0.2, 0) is 0 Å². The molecule has 90 valence electrons. The minimum atomic E-state index is -4.22. The van der Waals surface area contributed by atoms with Crippen LogP contribution in [0, 0.1) is 5.92 Å². The van der Waals surface area contributed by atoms with E-state index in [2.05, 4.69) is 0 Å². The number of alkyl halides is 4. The SMILES string of the molecule is CC[C@@H](C)C(F)(F)/C(F)=C(\F)C(C)(F)F. The van der Waals surface area contributed by atoms with E-state index in [-0.39, 0.29) is 13.3 Å². The molecule has 0 fully saturated rings. The second kappa shape index (κ2) is 4.45. The van der Waals surface area contributed by atoms with Gasteiger partial charge in [0.05, 0.1) is 0 Å². The van der Waals surface area contributed by atoms with E-state index >= 15 is 0 Å². The van der Waals surface area contributed by atoms with Gasteiger partial charge in [-0.1, -0.05) is 13.8 Å². The Kier molecular flexibility index (Phi) is 4.25. The Morgan fingerprint density at radius 2 is 1.47 bits per heavy atom. The fourth-order valence-corrected chi connectivity index (χ4v) is 0.812. The van der Waals surface area contributed by atoms with E-state index in [1.54, 1.807) is 0 Å². The minimum Gasteiger partial charge on any atom is -0.202 e. The van der Waals surface area contributed by atoms with Gasteiger partial charge < -0.3 is 0 Å². The molecule has 0 aromatic carbocycles. The van der Waals surface area contributed by atoms with Gasteiger partial charge in [-0.2, -0.15) is 17.6 Å². The second-order valence-electron chi connectivity index (χ2n) is 3.45. The summed E-state index contributed by atoms with van der Waals surface area (Å²) in [6, 6.07) is 0. The lowest BCUT2D eigenvalue weighted by Gasteiger charge is -2.22. The van der Waals surface area contributed by atoms with Crippen molar-refractivity contribution in [2.75, 3.05) is 0 Å². The molecule has 0 spiro atoms. The number of allylic oxidation sites excluding steroid dienone is 2. The van der Waals surface area contributed by atoms with Crippen LogP contribution in [0.25, 0.3) is 0 Å². The predicted octanol–water partition coefficient (Wildman–Crippen LogP) is 4.47. The molecule has 0 radical (unpaired) electrons. The molecule has 1 atom stereocenters. The molecule has 0 aromatic rings. The summed E-state index contributed by atoms with van der Waals surface area (Å²) < 4.78 is 75.8. The summed E-state index contributed by atoms with van der Waals surface area (Å²) in [5.41, 5.74) is 0. The van der Waals surface area contributed by atoms with Crippen LogP contribution in [0.4, 0.5) is 26.3 Å². The lowest BCUT2D eigenvalue weighted by atomic mass is 9.98. The van der Waals surface area contributed by atoms with Crippen molar-refractivity contribution in [3.8, 4) is 0 Å². The Hall–Kier alpha value is -0.680. The van der Waals surface area contributed by atoms with Crippen LogP contribution in [-0.4, -0.2) is 11.8 Å². The molecule has 0 rings (SSSR count). The summed E-state index contributed by atoms with van der Waals surface area (Å²) >= 11 is 0. The molecule has 0 saturated carbocycles. The first-order valence-corrected chi connectivity index (χ1v) is 4.37. The molecule has 0 amide bonds. The molecule has 0 bridgehead atoms. The molecule has 6 heteroatoms. The highest BCUT2D eigenvalue weighted by atomic mass is 19.3. The van der Waals surface area contributed by atoms with Gasteiger partial charge in [0.2, 0.25) is 11.7 Å². The standard InChI is InChI=1S/C9H12F6/c1-4-5(2)9(14,15)7(11)6(10)8(3,12)13/h5H,4H2,1-3H3/b7-6+/t5-/m1/s1. The van der Waals surface area contributed by atoms with Gasteiger partial charge in [-0.25, -0.2) is 8.78 Å². The van der Waals surface area contributed by atoms with Crippen molar-refractivity contribution in [3.05, 3.63) is 11.7 Å². The van der Waals surface area contributed by atoms with Crippen molar-refractivity contribution in [1.82, 2.24) is 0 Å². The van der Waals surface area contributed by atoms with E-state index in [0.29, 0.717) is 0 Å². The first-order chi connectivity index (χ1) is 6.55. The summed E-state index contributed by atoms with van der Waals surface area (Å²) in [5.74, 6) is -15.3. The Labute approximate surface area is 84.0 Å². The molecule has 0 unspecified atom stereocenters. The van der Waals surface area contributed by atoms with Crippen molar-refractivity contribution in [1.29, 1.82) is 0 Å². The third-order valence-electron chi connectivity index (χ3n) is 2.10. The highest BCUT2D eigenvalue weighted by molar-refractivity contribution is 5.16. The number of rotatable bonds is 4. The van der Waals surface area contributed by atoms with E-state index in [1.807, 2.05) is 0 Å². The predicted molar refractivity (Wildman–Crippen MR) is 44.3 cm³/mol. The Morgan fingerprint density at radius 1 is 1.07 bits per heavy atom. The van der Waals surface area contributed by atoms with E-state index in [4.69, 9.17) is 0 Å². The average molecular weight is 234 g/mol. The van der Waals surface area contributed by atoms with Crippen LogP contribution in [0.1, 0.15) is 27.2 Å². The zero-order valence-electron chi connectivity index (χ0n) is 8.55. The zero-order chi connectivity index (χ0) is 12.4. The van der Waals surface area contributed by atoms with Gasteiger partial charge in [-0.15, -0.1) is 0 Å². The minimum absolute atomic E-state index is 0.0224. The molecule has 0 aliphatic rings. The topological polar surface area (TPSA) is 0 Å². The van der Waals surface area contributed by atoms with Crippen LogP contribution >= 0.6 is 0 Å². The number of halogens is 6. The summed E-state index contributed by atoms with van der Waals surface area (Å²) in [4.78, 5) is 0. The van der Waals surface area contributed by atoms with E-state index in [9.17, 15) is 26.3 Å². The fourth-order valence-electron chi connectivity index (χ4n) is 0.812. The van der Waals surface area contributed by atoms with Gasteiger partial charge in [0.25, 0.3) is 5.92 Å². The van der Waals surface area contributed by atoms with Crippen LogP contribution in [0.15, 0.2) is 11.7 Å². The maximum absolute atomic E-state index is 13.0. The van der Waals surface area contributed by atoms with Crippen molar-refractivity contribution in [3.63, 3.8) is 0 Å². The average Bonchev–Trinajstić information content (AvgIpc) is 2.12. The molecular formula is C9H12F6. The van der Waals surface area contributed by atoms with Gasteiger partial charge in [0.15, 0.2) is 0 Å². The van der Waals surface area contributed by atoms with Gasteiger partial charge in [-0.3, -0.25) is 0 Å². The number of hydrogen-bond acceptors (Lipinski definition) is 0. The molecule has 0 nitrogen and oxygen atoms in total. The molecule has 0 heterocycles. The van der Waals surface area contributed by atoms with E-state index in [0.717, 1.165) is 6.92 Å². The Balaban J connectivity index is 5.23. The van der Waals surface area contributed by atoms with Gasteiger partial charge in [-0.05, 0) is 6.42 Å². The summed E-state index contributed by atoms with van der Waals surface area (Å²) in [6.45, 7) is 2.31. The molecule has 0 aliphatic heterocycles. The first-order valence-electron chi connectivity index (χ1n) is 4.37. The molecule has 0 aliphatic carbocycles. The highest BCUT2D eigenvalue weighted by Gasteiger charge is 2.47. The van der Waals surface area contributed by atoms with E-state index < -0.39 is 29.4 Å². The van der Waals surface area contributed by atoms with Crippen molar-refractivity contribution in [2.24, 2.45) is 5.92 Å². The lowest BCUT2D eigenvalue weighted by Crippen LogP contribution is -2.29. The Morgan fingerprint density at radius 3 is 1.73 bits per heavy atom. The largest absolute Gasteiger partial charge is 0.304 e. The molecule has 0 aromatic heterocycles. The van der Waals surface area contributed by atoms with Crippen LogP contribution in [0.3, 0.4) is 0 Å². The van der Waals surface area contributed by atoms with Gasteiger partial charge in [0, 0.05) is 12.8 Å². The highest BCUT2D eigenvalue weighted by Crippen LogP contribution is 2.40. The maximum atomic E-state index is 13.0. The molecule has 0 saturated heterocycles. The summed E-state index contributed by atoms with van der Waals surface area (Å²) in [6.07, 6.45) is -0.150. The lowest BCUT2D eigenvalue weighted by molar-refractivity contribution is -0.0486. The van der Waals surface area contributed by atoms with Crippen LogP contribution < -0.4 is 0 Å². The normalized spacial score (nSPS) is 17.4. The monoisotopic (exact) mass is 234 g/mol. The van der Waals surface area contributed by atoms with Gasteiger partial charge in [0.1, 0.15) is 0 Å². The smallest absolute Gasteiger partial charge is 0.202 e. The molecule has 15 heavy (non-hydrogen) atoms. The summed E-state index contributed by atoms with van der Waals surface area (Å²) in [7, 11) is 0. The van der Waals surface area contributed by atoms with Crippen molar-refractivity contribution in [2.45, 2.75) is 39.0 Å². The van der Waals surface area contributed by atoms with Crippen molar-refractivity contribution >= 4 is 0 Å². The third-order valence-corrected chi connectivity index (χ3v) is 2.10. The maximum Gasteiger partial charge on any atom is 0.304 e. The first kappa shape index (κ1) is 14.3. The Bertz CT molecular complexity index is 250. The van der Waals surface area contributed by atoms with E-state index in [1.165, 1.54) is 6.92 Å².